The fourth-order valence-corrected chi connectivity index (χ4v) is 5.27. The minimum absolute atomic E-state index is 0.151. The lowest BCUT2D eigenvalue weighted by Gasteiger charge is -2.23. The van der Waals surface area contributed by atoms with Crippen molar-refractivity contribution >= 4 is 32.3 Å². The van der Waals surface area contributed by atoms with Gasteiger partial charge in [0.05, 0.1) is 10.5 Å². The number of hydrogen-bond acceptors (Lipinski definition) is 5. The molecule has 31 heavy (non-hydrogen) atoms. The molecule has 1 saturated heterocycles. The average molecular weight is 439 g/mol. The topological polar surface area (TPSA) is 86.7 Å². The zero-order chi connectivity index (χ0) is 22.2. The van der Waals surface area contributed by atoms with Crippen molar-refractivity contribution in [3.8, 4) is 0 Å². The Morgan fingerprint density at radius 1 is 1.13 bits per heavy atom. The van der Waals surface area contributed by atoms with Crippen LogP contribution in [0.2, 0.25) is 0 Å². The normalized spacial score (nSPS) is 17.7. The summed E-state index contributed by atoms with van der Waals surface area (Å²) in [5.74, 6) is -1.24. The van der Waals surface area contributed by atoms with E-state index in [1.165, 1.54) is 28.5 Å². The molecule has 3 aromatic carbocycles. The standard InChI is InChI=1S/C24H26N2O4S/c1-16(20-9-5-7-17-6-3-4-8-21(17)20)25-18-12-13-26(15-18)19-10-11-23(31(2,29)30)22(14-19)24(27)28/h3-11,14,16,18,25H,12-13,15H2,1-2H3,(H,27,28)/t16-,18+/m1/s1. The molecule has 1 aliphatic rings. The number of carboxylic acid groups (broad SMARTS) is 1. The summed E-state index contributed by atoms with van der Waals surface area (Å²) in [4.78, 5) is 13.6. The maximum absolute atomic E-state index is 11.9. The van der Waals surface area contributed by atoms with Crippen molar-refractivity contribution in [2.24, 2.45) is 0 Å². The zero-order valence-electron chi connectivity index (χ0n) is 17.6. The molecule has 0 bridgehead atoms. The number of sulfone groups is 1. The Bertz CT molecular complexity index is 1230. The van der Waals surface area contributed by atoms with Crippen LogP contribution in [0.25, 0.3) is 10.8 Å². The van der Waals surface area contributed by atoms with Crippen LogP contribution < -0.4 is 10.2 Å². The maximum atomic E-state index is 11.9. The van der Waals surface area contributed by atoms with Gasteiger partial charge in [0.1, 0.15) is 0 Å². The van der Waals surface area contributed by atoms with Gasteiger partial charge in [0.15, 0.2) is 9.84 Å². The van der Waals surface area contributed by atoms with Crippen molar-refractivity contribution in [3.63, 3.8) is 0 Å². The zero-order valence-corrected chi connectivity index (χ0v) is 18.4. The summed E-state index contributed by atoms with van der Waals surface area (Å²) in [7, 11) is -3.61. The number of aromatic carboxylic acids is 1. The quantitative estimate of drug-likeness (QED) is 0.608. The predicted octanol–water partition coefficient (Wildman–Crippen LogP) is 3.87. The molecule has 1 fully saturated rings. The van der Waals surface area contributed by atoms with E-state index in [0.29, 0.717) is 0 Å². The lowest BCUT2D eigenvalue weighted by atomic mass is 9.99. The van der Waals surface area contributed by atoms with E-state index in [-0.39, 0.29) is 22.5 Å². The smallest absolute Gasteiger partial charge is 0.337 e. The highest BCUT2D eigenvalue weighted by atomic mass is 32.2. The van der Waals surface area contributed by atoms with E-state index in [1.807, 2.05) is 6.07 Å². The first kappa shape index (κ1) is 21.3. The maximum Gasteiger partial charge on any atom is 0.337 e. The van der Waals surface area contributed by atoms with Crippen LogP contribution in [0.3, 0.4) is 0 Å². The first-order valence-electron chi connectivity index (χ1n) is 10.3. The fourth-order valence-electron chi connectivity index (χ4n) is 4.41. The molecule has 0 unspecified atom stereocenters. The third kappa shape index (κ3) is 4.43. The highest BCUT2D eigenvalue weighted by Gasteiger charge is 2.26. The van der Waals surface area contributed by atoms with Gasteiger partial charge >= 0.3 is 5.97 Å². The van der Waals surface area contributed by atoms with Crippen molar-refractivity contribution in [1.29, 1.82) is 0 Å². The highest BCUT2D eigenvalue weighted by Crippen LogP contribution is 2.28. The van der Waals surface area contributed by atoms with Gasteiger partial charge in [-0.1, -0.05) is 42.5 Å². The van der Waals surface area contributed by atoms with Gasteiger partial charge in [0, 0.05) is 37.1 Å². The molecule has 6 nitrogen and oxygen atoms in total. The van der Waals surface area contributed by atoms with Gasteiger partial charge < -0.3 is 15.3 Å². The average Bonchev–Trinajstić information content (AvgIpc) is 3.20. The largest absolute Gasteiger partial charge is 0.478 e. The minimum Gasteiger partial charge on any atom is -0.478 e. The SMILES string of the molecule is C[C@@H](N[C@H]1CCN(c2ccc(S(C)(=O)=O)c(C(=O)O)c2)C1)c1cccc2ccccc12. The summed E-state index contributed by atoms with van der Waals surface area (Å²) in [6, 6.07) is 19.7. The van der Waals surface area contributed by atoms with Gasteiger partial charge in [-0.2, -0.15) is 0 Å². The lowest BCUT2D eigenvalue weighted by molar-refractivity contribution is 0.0692. The van der Waals surface area contributed by atoms with Crippen LogP contribution in [0.4, 0.5) is 5.69 Å². The Balaban J connectivity index is 1.51. The van der Waals surface area contributed by atoms with E-state index >= 15 is 0 Å². The van der Waals surface area contributed by atoms with Crippen LogP contribution in [0.1, 0.15) is 35.3 Å². The molecule has 1 aliphatic heterocycles. The van der Waals surface area contributed by atoms with E-state index in [2.05, 4.69) is 53.5 Å². The third-order valence-electron chi connectivity index (χ3n) is 5.92. The summed E-state index contributed by atoms with van der Waals surface area (Å²) < 4.78 is 23.8. The van der Waals surface area contributed by atoms with Gasteiger partial charge in [-0.3, -0.25) is 0 Å². The molecular weight excluding hydrogens is 412 g/mol. The van der Waals surface area contributed by atoms with Crippen LogP contribution in [0, 0.1) is 0 Å². The molecule has 7 heteroatoms. The molecule has 162 valence electrons. The summed E-state index contributed by atoms with van der Waals surface area (Å²) in [6.45, 7) is 3.66. The molecule has 2 atom stereocenters. The number of carboxylic acids is 1. The van der Waals surface area contributed by atoms with Crippen molar-refractivity contribution in [2.45, 2.75) is 30.3 Å². The number of carbonyl (C=O) groups is 1. The minimum atomic E-state index is -3.61. The van der Waals surface area contributed by atoms with E-state index in [9.17, 15) is 18.3 Å². The molecule has 3 aromatic rings. The first-order chi connectivity index (χ1) is 14.7. The van der Waals surface area contributed by atoms with Gasteiger partial charge in [-0.25, -0.2) is 13.2 Å². The van der Waals surface area contributed by atoms with Gasteiger partial charge in [0.25, 0.3) is 0 Å². The molecule has 1 heterocycles. The van der Waals surface area contributed by atoms with Crippen LogP contribution >= 0.6 is 0 Å². The monoisotopic (exact) mass is 438 g/mol. The van der Waals surface area contributed by atoms with Gasteiger partial charge in [-0.15, -0.1) is 0 Å². The van der Waals surface area contributed by atoms with Gasteiger partial charge in [-0.05, 0) is 47.9 Å². The molecular formula is C24H26N2O4S. The predicted molar refractivity (Wildman–Crippen MR) is 123 cm³/mol. The second kappa shape index (κ2) is 8.32. The number of fused-ring (bicyclic) bond motifs is 1. The lowest BCUT2D eigenvalue weighted by Crippen LogP contribution is -2.34. The summed E-state index contributed by atoms with van der Waals surface area (Å²) in [6.07, 6.45) is 1.95. The summed E-state index contributed by atoms with van der Waals surface area (Å²) >= 11 is 0. The highest BCUT2D eigenvalue weighted by molar-refractivity contribution is 7.90. The number of anilines is 1. The number of nitrogens with one attached hydrogen (secondary N) is 1. The third-order valence-corrected chi connectivity index (χ3v) is 7.08. The van der Waals surface area contributed by atoms with E-state index in [0.717, 1.165) is 31.5 Å². The Hall–Kier alpha value is -2.90. The van der Waals surface area contributed by atoms with Crippen LogP contribution in [0.15, 0.2) is 65.6 Å². The number of benzene rings is 3. The van der Waals surface area contributed by atoms with Crippen LogP contribution in [-0.4, -0.2) is 44.9 Å². The summed E-state index contributed by atoms with van der Waals surface area (Å²) in [5, 5.41) is 15.6. The summed E-state index contributed by atoms with van der Waals surface area (Å²) in [5.41, 5.74) is 1.80. The molecule has 4 rings (SSSR count). The Kier molecular flexibility index (Phi) is 5.73. The Morgan fingerprint density at radius 2 is 1.87 bits per heavy atom. The molecule has 0 aromatic heterocycles. The first-order valence-corrected chi connectivity index (χ1v) is 12.2. The van der Waals surface area contributed by atoms with Crippen molar-refractivity contribution < 1.29 is 18.3 Å². The second-order valence-corrected chi connectivity index (χ2v) is 10.1. The van der Waals surface area contributed by atoms with Crippen molar-refractivity contribution in [2.75, 3.05) is 24.2 Å². The van der Waals surface area contributed by atoms with E-state index in [1.54, 1.807) is 6.07 Å². The fraction of sp³-hybridized carbons (Fsp3) is 0.292. The van der Waals surface area contributed by atoms with E-state index < -0.39 is 15.8 Å². The molecule has 0 amide bonds. The molecule has 0 spiro atoms. The number of nitrogens with zero attached hydrogens (tertiary/aromatic N) is 1. The van der Waals surface area contributed by atoms with Crippen molar-refractivity contribution in [3.05, 3.63) is 71.8 Å². The van der Waals surface area contributed by atoms with Gasteiger partial charge in [0.2, 0.25) is 0 Å². The van der Waals surface area contributed by atoms with E-state index in [4.69, 9.17) is 0 Å². The Labute approximate surface area is 182 Å². The Morgan fingerprint density at radius 3 is 2.61 bits per heavy atom. The van der Waals surface area contributed by atoms with Crippen LogP contribution in [0.5, 0.6) is 0 Å². The molecule has 0 radical (unpaired) electrons. The van der Waals surface area contributed by atoms with Crippen LogP contribution in [-0.2, 0) is 9.84 Å². The van der Waals surface area contributed by atoms with Crippen molar-refractivity contribution in [1.82, 2.24) is 5.32 Å². The molecule has 0 aliphatic carbocycles. The molecule has 2 N–H and O–H groups in total. The number of hydrogen-bond donors (Lipinski definition) is 2. The molecule has 0 saturated carbocycles. The number of rotatable bonds is 6. The second-order valence-electron chi connectivity index (χ2n) is 8.15.